The number of nitrogens with zero attached hydrogens (tertiary/aromatic N) is 2. The fraction of sp³-hybridized carbons (Fsp3) is 0.400. The van der Waals surface area contributed by atoms with E-state index in [9.17, 15) is 0 Å². The van der Waals surface area contributed by atoms with E-state index >= 15 is 0 Å². The van der Waals surface area contributed by atoms with Gasteiger partial charge in [0.05, 0.1) is 20.7 Å². The molecule has 1 aromatic carbocycles. The van der Waals surface area contributed by atoms with Gasteiger partial charge in [-0.25, -0.2) is 4.99 Å². The van der Waals surface area contributed by atoms with Gasteiger partial charge in [-0.05, 0) is 30.2 Å². The van der Waals surface area contributed by atoms with Crippen LogP contribution in [0.15, 0.2) is 23.2 Å². The molecule has 0 bridgehead atoms. The largest absolute Gasteiger partial charge is 0.497 e. The van der Waals surface area contributed by atoms with Crippen molar-refractivity contribution in [3.05, 3.63) is 29.5 Å². The molecule has 0 saturated heterocycles. The summed E-state index contributed by atoms with van der Waals surface area (Å²) in [5, 5.41) is 1.34. The zero-order chi connectivity index (χ0) is 13.0. The molecule has 1 unspecified atom stereocenters. The number of benzene rings is 1. The van der Waals surface area contributed by atoms with Crippen LogP contribution in [-0.4, -0.2) is 37.6 Å². The molecule has 0 amide bonds. The SMILES string of the molecule is COc1ccc2c(c1)c1c3n2CC[NH+](C)C3=NCC1. The number of nitrogens with one attached hydrogen (secondary N) is 1. The standard InChI is InChI=1S/C15H17N3O/c1-17-7-8-18-13-4-3-10(19-2)9-12(13)11-5-6-16-15(17)14(11)18/h3-4,9H,5-8H2,1-2H3/p+1. The first-order chi connectivity index (χ1) is 9.29. The van der Waals surface area contributed by atoms with Gasteiger partial charge in [0.1, 0.15) is 18.0 Å². The minimum absolute atomic E-state index is 0.913. The molecule has 19 heavy (non-hydrogen) atoms. The molecule has 2 aliphatic heterocycles. The first-order valence-corrected chi connectivity index (χ1v) is 6.86. The van der Waals surface area contributed by atoms with Crippen LogP contribution >= 0.6 is 0 Å². The highest BCUT2D eigenvalue weighted by molar-refractivity contribution is 6.02. The average Bonchev–Trinajstić information content (AvgIpc) is 2.78. The van der Waals surface area contributed by atoms with Crippen molar-refractivity contribution in [2.45, 2.75) is 13.0 Å². The van der Waals surface area contributed by atoms with E-state index in [1.165, 1.54) is 32.9 Å². The van der Waals surface area contributed by atoms with Crippen LogP contribution in [0.25, 0.3) is 10.9 Å². The minimum atomic E-state index is 0.913. The Balaban J connectivity index is 2.07. The third kappa shape index (κ3) is 1.40. The van der Waals surface area contributed by atoms with Crippen LogP contribution in [0, 0.1) is 0 Å². The lowest BCUT2D eigenvalue weighted by Crippen LogP contribution is -3.13. The van der Waals surface area contributed by atoms with Gasteiger partial charge in [-0.15, -0.1) is 0 Å². The Bertz CT molecular complexity index is 699. The molecule has 0 radical (unpaired) electrons. The summed E-state index contributed by atoms with van der Waals surface area (Å²) in [7, 11) is 3.95. The lowest BCUT2D eigenvalue weighted by atomic mass is 10.0. The molecule has 98 valence electrons. The van der Waals surface area contributed by atoms with Crippen molar-refractivity contribution in [2.24, 2.45) is 4.99 Å². The van der Waals surface area contributed by atoms with Crippen molar-refractivity contribution >= 4 is 16.7 Å². The molecular formula is C15H18N3O+. The Hall–Kier alpha value is -1.81. The number of amidine groups is 1. The van der Waals surface area contributed by atoms with E-state index in [1.54, 1.807) is 7.11 Å². The Labute approximate surface area is 112 Å². The summed E-state index contributed by atoms with van der Waals surface area (Å²) < 4.78 is 7.81. The Morgan fingerprint density at radius 1 is 1.37 bits per heavy atom. The van der Waals surface area contributed by atoms with Crippen molar-refractivity contribution in [1.29, 1.82) is 0 Å². The second kappa shape index (κ2) is 3.84. The number of fused-ring (bicyclic) bond motifs is 3. The van der Waals surface area contributed by atoms with Crippen LogP contribution in [-0.2, 0) is 13.0 Å². The highest BCUT2D eigenvalue weighted by Crippen LogP contribution is 2.32. The van der Waals surface area contributed by atoms with Crippen molar-refractivity contribution < 1.29 is 9.64 Å². The van der Waals surface area contributed by atoms with E-state index in [-0.39, 0.29) is 0 Å². The number of hydrogen-bond donors (Lipinski definition) is 1. The maximum absolute atomic E-state index is 5.38. The lowest BCUT2D eigenvalue weighted by molar-refractivity contribution is -0.785. The number of aromatic nitrogens is 1. The smallest absolute Gasteiger partial charge is 0.245 e. The van der Waals surface area contributed by atoms with E-state index in [2.05, 4.69) is 29.8 Å². The number of likely N-dealkylation sites (N-methyl/N-ethyl adjacent to an activating group) is 1. The van der Waals surface area contributed by atoms with Crippen molar-refractivity contribution in [3.63, 3.8) is 0 Å². The van der Waals surface area contributed by atoms with Gasteiger partial charge in [0.2, 0.25) is 5.84 Å². The summed E-state index contributed by atoms with van der Waals surface area (Å²) in [6, 6.07) is 6.41. The summed E-state index contributed by atoms with van der Waals surface area (Å²) in [6.07, 6.45) is 1.04. The van der Waals surface area contributed by atoms with Gasteiger partial charge in [-0.3, -0.25) is 4.90 Å². The van der Waals surface area contributed by atoms with Gasteiger partial charge in [0, 0.05) is 17.4 Å². The molecular weight excluding hydrogens is 238 g/mol. The van der Waals surface area contributed by atoms with Gasteiger partial charge in [-0.1, -0.05) is 0 Å². The Morgan fingerprint density at radius 2 is 2.26 bits per heavy atom. The quantitative estimate of drug-likeness (QED) is 0.790. The molecule has 1 aromatic heterocycles. The van der Waals surface area contributed by atoms with Crippen molar-refractivity contribution in [3.8, 4) is 5.75 Å². The summed E-state index contributed by atoms with van der Waals surface area (Å²) in [4.78, 5) is 6.18. The zero-order valence-electron chi connectivity index (χ0n) is 11.4. The van der Waals surface area contributed by atoms with Crippen molar-refractivity contribution in [1.82, 2.24) is 4.57 Å². The summed E-state index contributed by atoms with van der Waals surface area (Å²) in [5.41, 5.74) is 4.14. The zero-order valence-corrected chi connectivity index (χ0v) is 11.4. The molecule has 4 rings (SSSR count). The monoisotopic (exact) mass is 256 g/mol. The van der Waals surface area contributed by atoms with E-state index < -0.39 is 0 Å². The Morgan fingerprint density at radius 3 is 3.11 bits per heavy atom. The second-order valence-corrected chi connectivity index (χ2v) is 5.37. The van der Waals surface area contributed by atoms with Gasteiger partial charge < -0.3 is 9.30 Å². The highest BCUT2D eigenvalue weighted by Gasteiger charge is 2.32. The normalized spacial score (nSPS) is 21.2. The van der Waals surface area contributed by atoms with Crippen LogP contribution in [0.1, 0.15) is 11.3 Å². The van der Waals surface area contributed by atoms with Crippen LogP contribution < -0.4 is 9.64 Å². The molecule has 1 atom stereocenters. The predicted octanol–water partition coefficient (Wildman–Crippen LogP) is 0.481. The summed E-state index contributed by atoms with van der Waals surface area (Å²) in [6.45, 7) is 3.10. The number of methoxy groups -OCH3 is 1. The second-order valence-electron chi connectivity index (χ2n) is 5.37. The maximum Gasteiger partial charge on any atom is 0.245 e. The topological polar surface area (TPSA) is 31.0 Å². The van der Waals surface area contributed by atoms with Gasteiger partial charge in [0.25, 0.3) is 0 Å². The summed E-state index contributed by atoms with van der Waals surface area (Å²) >= 11 is 0. The number of rotatable bonds is 1. The average molecular weight is 256 g/mol. The number of ether oxygens (including phenoxy) is 1. The molecule has 0 aliphatic carbocycles. The van der Waals surface area contributed by atoms with E-state index in [0.29, 0.717) is 0 Å². The molecule has 2 aliphatic rings. The number of quaternary nitrogens is 1. The van der Waals surface area contributed by atoms with Gasteiger partial charge in [0.15, 0.2) is 0 Å². The highest BCUT2D eigenvalue weighted by atomic mass is 16.5. The first-order valence-electron chi connectivity index (χ1n) is 6.86. The van der Waals surface area contributed by atoms with Crippen LogP contribution in [0.5, 0.6) is 5.75 Å². The first kappa shape index (κ1) is 11.1. The summed E-state index contributed by atoms with van der Waals surface area (Å²) in [5.74, 6) is 2.18. The third-order valence-electron chi connectivity index (χ3n) is 4.35. The Kier molecular flexibility index (Phi) is 2.23. The molecule has 0 spiro atoms. The molecule has 2 aromatic rings. The third-order valence-corrected chi connectivity index (χ3v) is 4.35. The molecule has 1 N–H and O–H groups in total. The minimum Gasteiger partial charge on any atom is -0.497 e. The van der Waals surface area contributed by atoms with Gasteiger partial charge >= 0.3 is 0 Å². The van der Waals surface area contributed by atoms with Crippen LogP contribution in [0.3, 0.4) is 0 Å². The number of aliphatic imine (C=N–C) groups is 1. The van der Waals surface area contributed by atoms with E-state index in [1.807, 2.05) is 0 Å². The molecule has 0 saturated carbocycles. The van der Waals surface area contributed by atoms with Crippen molar-refractivity contribution in [2.75, 3.05) is 27.2 Å². The molecule has 4 nitrogen and oxygen atoms in total. The molecule has 3 heterocycles. The lowest BCUT2D eigenvalue weighted by Gasteiger charge is -2.26. The predicted molar refractivity (Wildman–Crippen MR) is 75.4 cm³/mol. The van der Waals surface area contributed by atoms with E-state index in [0.717, 1.165) is 31.8 Å². The number of hydrogen-bond acceptors (Lipinski definition) is 2. The fourth-order valence-electron chi connectivity index (χ4n) is 3.38. The maximum atomic E-state index is 5.38. The van der Waals surface area contributed by atoms with Crippen LogP contribution in [0.4, 0.5) is 0 Å². The van der Waals surface area contributed by atoms with Crippen LogP contribution in [0.2, 0.25) is 0 Å². The molecule has 0 fully saturated rings. The van der Waals surface area contributed by atoms with Gasteiger partial charge in [-0.2, -0.15) is 0 Å². The molecule has 4 heteroatoms. The van der Waals surface area contributed by atoms with E-state index in [4.69, 9.17) is 9.73 Å². The fourth-order valence-corrected chi connectivity index (χ4v) is 3.38.